The summed E-state index contributed by atoms with van der Waals surface area (Å²) in [7, 11) is 0. The van der Waals surface area contributed by atoms with Crippen molar-refractivity contribution >= 4 is 11.9 Å². The molecule has 0 aromatic heterocycles. The SMILES string of the molecule is CCCCCC/C=C\CCCCCCCC(=O)OCCCCCCCCCCCCCCCCCCCCCCCCCCCCCCCCCCCC(=O)NC(CO)C(O)CCCCCCCCCCCCCCCCCCCCCCCCCC. The highest BCUT2D eigenvalue weighted by molar-refractivity contribution is 5.76. The number of rotatable bonds is 77. The maximum atomic E-state index is 12.6. The predicted molar refractivity (Wildman–Crippen MR) is 384 cm³/mol. The average Bonchev–Trinajstić information content (AvgIpc) is 3.54. The molecule has 0 saturated carbocycles. The monoisotopic (exact) mass is 1230 g/mol. The molecule has 0 heterocycles. The summed E-state index contributed by atoms with van der Waals surface area (Å²) >= 11 is 0. The molecule has 2 unspecified atom stereocenters. The second-order valence-electron chi connectivity index (χ2n) is 28.1. The number of nitrogens with one attached hydrogen (secondary N) is 1. The number of ether oxygens (including phenoxy) is 1. The first kappa shape index (κ1) is 85.6. The summed E-state index contributed by atoms with van der Waals surface area (Å²) in [5, 5.41) is 23.5. The Morgan fingerprint density at radius 1 is 0.310 bits per heavy atom. The van der Waals surface area contributed by atoms with Crippen LogP contribution in [0.2, 0.25) is 0 Å². The van der Waals surface area contributed by atoms with E-state index in [4.69, 9.17) is 4.74 Å². The molecule has 0 spiro atoms. The van der Waals surface area contributed by atoms with Gasteiger partial charge in [0.15, 0.2) is 0 Å². The fourth-order valence-corrected chi connectivity index (χ4v) is 13.2. The van der Waals surface area contributed by atoms with Crippen LogP contribution in [0.4, 0.5) is 0 Å². The van der Waals surface area contributed by atoms with Gasteiger partial charge in [0, 0.05) is 12.8 Å². The Morgan fingerprint density at radius 3 is 0.828 bits per heavy atom. The quantitative estimate of drug-likeness (QED) is 0.0320. The largest absolute Gasteiger partial charge is 0.466 e. The summed E-state index contributed by atoms with van der Waals surface area (Å²) in [6.07, 6.45) is 97.4. The van der Waals surface area contributed by atoms with Gasteiger partial charge in [0.2, 0.25) is 5.91 Å². The van der Waals surface area contributed by atoms with Crippen LogP contribution in [0.1, 0.15) is 470 Å². The lowest BCUT2D eigenvalue weighted by Gasteiger charge is -2.22. The highest BCUT2D eigenvalue weighted by atomic mass is 16.5. The second-order valence-corrected chi connectivity index (χ2v) is 28.1. The van der Waals surface area contributed by atoms with Crippen LogP contribution < -0.4 is 5.32 Å². The number of aliphatic hydroxyl groups excluding tert-OH is 2. The molecule has 1 amide bonds. The fraction of sp³-hybridized carbons (Fsp3) is 0.951. The molecule has 3 N–H and O–H groups in total. The van der Waals surface area contributed by atoms with E-state index < -0.39 is 12.1 Å². The molecule has 6 nitrogen and oxygen atoms in total. The summed E-state index contributed by atoms with van der Waals surface area (Å²) in [4.78, 5) is 24.6. The van der Waals surface area contributed by atoms with Gasteiger partial charge < -0.3 is 20.3 Å². The Kier molecular flexibility index (Phi) is 75.8. The van der Waals surface area contributed by atoms with Crippen molar-refractivity contribution in [3.8, 4) is 0 Å². The van der Waals surface area contributed by atoms with Crippen molar-refractivity contribution in [1.82, 2.24) is 5.32 Å². The van der Waals surface area contributed by atoms with Gasteiger partial charge in [0.25, 0.3) is 0 Å². The first-order valence-corrected chi connectivity index (χ1v) is 40.4. The Balaban J connectivity index is 3.32. The smallest absolute Gasteiger partial charge is 0.305 e. The summed E-state index contributed by atoms with van der Waals surface area (Å²) in [5.41, 5.74) is 0. The van der Waals surface area contributed by atoms with Gasteiger partial charge in [0.1, 0.15) is 0 Å². The highest BCUT2D eigenvalue weighted by Crippen LogP contribution is 2.21. The molecule has 0 bridgehead atoms. The number of hydrogen-bond donors (Lipinski definition) is 3. The van der Waals surface area contributed by atoms with E-state index >= 15 is 0 Å². The lowest BCUT2D eigenvalue weighted by atomic mass is 10.0. The summed E-state index contributed by atoms with van der Waals surface area (Å²) in [6.45, 7) is 4.99. The summed E-state index contributed by atoms with van der Waals surface area (Å²) in [6, 6.07) is -0.539. The van der Waals surface area contributed by atoms with E-state index in [9.17, 15) is 19.8 Å². The molecule has 0 saturated heterocycles. The number of unbranched alkanes of at least 4 members (excludes halogenated alkanes) is 64. The zero-order valence-electron chi connectivity index (χ0n) is 59.5. The van der Waals surface area contributed by atoms with Crippen LogP contribution in [0.5, 0.6) is 0 Å². The lowest BCUT2D eigenvalue weighted by molar-refractivity contribution is -0.143. The molecule has 87 heavy (non-hydrogen) atoms. The van der Waals surface area contributed by atoms with Gasteiger partial charge in [-0.15, -0.1) is 0 Å². The number of carbonyl (C=O) groups excluding carboxylic acids is 2. The summed E-state index contributed by atoms with van der Waals surface area (Å²) in [5.74, 6) is -0.0102. The molecule has 518 valence electrons. The predicted octanol–water partition coefficient (Wildman–Crippen LogP) is 26.7. The molecule has 0 aliphatic heterocycles. The number of aliphatic hydroxyl groups is 2. The molecule has 0 radical (unpaired) electrons. The zero-order valence-corrected chi connectivity index (χ0v) is 59.5. The zero-order chi connectivity index (χ0) is 62.8. The molecule has 0 rings (SSSR count). The van der Waals surface area contributed by atoms with Gasteiger partial charge in [-0.1, -0.05) is 418 Å². The van der Waals surface area contributed by atoms with E-state index in [1.54, 1.807) is 0 Å². The van der Waals surface area contributed by atoms with Crippen molar-refractivity contribution in [2.24, 2.45) is 0 Å². The van der Waals surface area contributed by atoms with Crippen LogP contribution in [0.3, 0.4) is 0 Å². The minimum atomic E-state index is -0.662. The van der Waals surface area contributed by atoms with E-state index in [2.05, 4.69) is 31.3 Å². The Bertz CT molecular complexity index is 1320. The second kappa shape index (κ2) is 77.1. The van der Waals surface area contributed by atoms with Crippen molar-refractivity contribution in [2.45, 2.75) is 482 Å². The Labute approximate surface area is 546 Å². The van der Waals surface area contributed by atoms with Gasteiger partial charge >= 0.3 is 5.97 Å². The van der Waals surface area contributed by atoms with Crippen molar-refractivity contribution < 1.29 is 24.5 Å². The van der Waals surface area contributed by atoms with Crippen LogP contribution in [0.15, 0.2) is 12.2 Å². The topological polar surface area (TPSA) is 95.9 Å². The number of allylic oxidation sites excluding steroid dienone is 2. The number of carbonyl (C=O) groups is 2. The molecule has 0 aromatic rings. The van der Waals surface area contributed by atoms with Gasteiger partial charge in [-0.2, -0.15) is 0 Å². The fourth-order valence-electron chi connectivity index (χ4n) is 13.2. The Hall–Kier alpha value is -1.40. The normalized spacial score (nSPS) is 12.5. The van der Waals surface area contributed by atoms with Gasteiger partial charge in [-0.05, 0) is 51.4 Å². The standard InChI is InChI=1S/C81H159NO5/c1-3-5-7-9-11-13-15-17-18-19-20-21-22-34-37-40-43-46-50-53-57-61-65-69-73-79(84)78(77-83)82-80(85)74-70-66-62-58-54-51-47-44-41-38-35-32-30-28-26-24-23-25-27-29-31-33-36-39-42-45-48-52-56-60-64-68-72-76-87-81(86)75-71-67-63-59-55-49-16-14-12-10-8-6-4-2/h14,16,78-79,83-84H,3-13,15,17-77H2,1-2H3,(H,82,85)/b16-14-. The van der Waals surface area contributed by atoms with Crippen molar-refractivity contribution in [3.63, 3.8) is 0 Å². The summed E-state index contributed by atoms with van der Waals surface area (Å²) < 4.78 is 5.49. The van der Waals surface area contributed by atoms with Crippen LogP contribution in [-0.4, -0.2) is 47.4 Å². The van der Waals surface area contributed by atoms with E-state index in [-0.39, 0.29) is 18.5 Å². The first-order valence-electron chi connectivity index (χ1n) is 40.4. The van der Waals surface area contributed by atoms with Crippen molar-refractivity contribution in [3.05, 3.63) is 12.2 Å². The van der Waals surface area contributed by atoms with Crippen molar-refractivity contribution in [2.75, 3.05) is 13.2 Å². The lowest BCUT2D eigenvalue weighted by Crippen LogP contribution is -2.45. The number of esters is 1. The van der Waals surface area contributed by atoms with Crippen molar-refractivity contribution in [1.29, 1.82) is 0 Å². The van der Waals surface area contributed by atoms with E-state index in [1.807, 2.05) is 0 Å². The van der Waals surface area contributed by atoms with Crippen LogP contribution in [0.25, 0.3) is 0 Å². The maximum Gasteiger partial charge on any atom is 0.305 e. The molecular formula is C81H159NO5. The van der Waals surface area contributed by atoms with Gasteiger partial charge in [-0.3, -0.25) is 9.59 Å². The average molecular weight is 1230 g/mol. The van der Waals surface area contributed by atoms with Crippen LogP contribution in [0, 0.1) is 0 Å². The molecule has 0 aliphatic rings. The molecule has 2 atom stereocenters. The first-order chi connectivity index (χ1) is 43.0. The third kappa shape index (κ3) is 73.5. The maximum absolute atomic E-state index is 12.6. The minimum Gasteiger partial charge on any atom is -0.466 e. The molecule has 0 aromatic carbocycles. The van der Waals surface area contributed by atoms with Crippen LogP contribution in [-0.2, 0) is 14.3 Å². The molecule has 0 fully saturated rings. The number of amides is 1. The number of hydrogen-bond acceptors (Lipinski definition) is 5. The molecule has 6 heteroatoms. The van der Waals surface area contributed by atoms with E-state index in [0.29, 0.717) is 25.9 Å². The highest BCUT2D eigenvalue weighted by Gasteiger charge is 2.20. The van der Waals surface area contributed by atoms with Gasteiger partial charge in [0.05, 0.1) is 25.4 Å². The third-order valence-electron chi connectivity index (χ3n) is 19.3. The van der Waals surface area contributed by atoms with Crippen LogP contribution >= 0.6 is 0 Å². The van der Waals surface area contributed by atoms with E-state index in [1.165, 1.54) is 392 Å². The van der Waals surface area contributed by atoms with Gasteiger partial charge in [-0.25, -0.2) is 0 Å². The molecular weight excluding hydrogens is 1070 g/mol. The third-order valence-corrected chi connectivity index (χ3v) is 19.3. The van der Waals surface area contributed by atoms with E-state index in [0.717, 1.165) is 44.9 Å². The minimum absolute atomic E-state index is 0.0136. The molecule has 0 aliphatic carbocycles. The Morgan fingerprint density at radius 2 is 0.540 bits per heavy atom.